The van der Waals surface area contributed by atoms with Crippen molar-refractivity contribution in [3.63, 3.8) is 0 Å². The SMILES string of the molecule is O=C(c1cc(-c2ccccn2)n[nH]1)N1CCC2(CCCN(CCO)C2=O)C1. The Morgan fingerprint density at radius 2 is 2.15 bits per heavy atom. The first-order valence-electron chi connectivity index (χ1n) is 9.29. The van der Waals surface area contributed by atoms with Gasteiger partial charge in [-0.25, -0.2) is 0 Å². The van der Waals surface area contributed by atoms with E-state index in [1.807, 2.05) is 18.2 Å². The van der Waals surface area contributed by atoms with E-state index in [2.05, 4.69) is 15.2 Å². The first-order valence-corrected chi connectivity index (χ1v) is 9.29. The molecule has 27 heavy (non-hydrogen) atoms. The van der Waals surface area contributed by atoms with E-state index in [0.717, 1.165) is 12.8 Å². The smallest absolute Gasteiger partial charge is 0.271 e. The lowest BCUT2D eigenvalue weighted by Gasteiger charge is -2.39. The lowest BCUT2D eigenvalue weighted by atomic mass is 9.78. The highest BCUT2D eigenvalue weighted by Crippen LogP contribution is 2.40. The number of rotatable bonds is 4. The number of likely N-dealkylation sites (tertiary alicyclic amines) is 2. The molecule has 0 bridgehead atoms. The van der Waals surface area contributed by atoms with Crippen LogP contribution in [0, 0.1) is 5.41 Å². The number of carbonyl (C=O) groups excluding carboxylic acids is 2. The predicted octanol–water partition coefficient (Wildman–Crippen LogP) is 0.919. The van der Waals surface area contributed by atoms with Gasteiger partial charge in [-0.3, -0.25) is 19.7 Å². The van der Waals surface area contributed by atoms with Crippen LogP contribution in [0.2, 0.25) is 0 Å². The number of aliphatic hydroxyl groups is 1. The third kappa shape index (κ3) is 3.21. The lowest BCUT2D eigenvalue weighted by Crippen LogP contribution is -2.51. The number of nitrogens with one attached hydrogen (secondary N) is 1. The molecule has 2 aromatic rings. The summed E-state index contributed by atoms with van der Waals surface area (Å²) in [5, 5.41) is 16.2. The molecule has 1 atom stereocenters. The number of amides is 2. The third-order valence-electron chi connectivity index (χ3n) is 5.57. The van der Waals surface area contributed by atoms with E-state index >= 15 is 0 Å². The molecule has 142 valence electrons. The van der Waals surface area contributed by atoms with Gasteiger partial charge in [0.25, 0.3) is 5.91 Å². The fourth-order valence-electron chi connectivity index (χ4n) is 4.16. The fraction of sp³-hybridized carbons (Fsp3) is 0.474. The molecule has 0 saturated carbocycles. The van der Waals surface area contributed by atoms with Crippen LogP contribution in [0.5, 0.6) is 0 Å². The van der Waals surface area contributed by atoms with E-state index in [9.17, 15) is 14.7 Å². The van der Waals surface area contributed by atoms with Gasteiger partial charge in [0.1, 0.15) is 11.4 Å². The summed E-state index contributed by atoms with van der Waals surface area (Å²) in [4.78, 5) is 33.5. The lowest BCUT2D eigenvalue weighted by molar-refractivity contribution is -0.146. The van der Waals surface area contributed by atoms with Crippen molar-refractivity contribution in [1.82, 2.24) is 25.0 Å². The van der Waals surface area contributed by atoms with Crippen LogP contribution in [0.3, 0.4) is 0 Å². The zero-order valence-electron chi connectivity index (χ0n) is 15.1. The maximum absolute atomic E-state index is 12.9. The van der Waals surface area contributed by atoms with Crippen LogP contribution in [0.15, 0.2) is 30.5 Å². The number of hydrogen-bond donors (Lipinski definition) is 2. The average molecular weight is 369 g/mol. The van der Waals surface area contributed by atoms with Gasteiger partial charge in [-0.2, -0.15) is 5.10 Å². The highest BCUT2D eigenvalue weighted by atomic mass is 16.3. The van der Waals surface area contributed by atoms with Crippen molar-refractivity contribution in [2.75, 3.05) is 32.8 Å². The molecule has 2 aliphatic rings. The summed E-state index contributed by atoms with van der Waals surface area (Å²) < 4.78 is 0. The average Bonchev–Trinajstić information content (AvgIpc) is 3.35. The summed E-state index contributed by atoms with van der Waals surface area (Å²) in [7, 11) is 0. The van der Waals surface area contributed by atoms with Crippen LogP contribution in [-0.4, -0.2) is 74.7 Å². The topological polar surface area (TPSA) is 102 Å². The minimum Gasteiger partial charge on any atom is -0.395 e. The fourth-order valence-corrected chi connectivity index (χ4v) is 4.16. The number of piperidine rings is 1. The normalized spacial score (nSPS) is 22.6. The Bertz CT molecular complexity index is 835. The van der Waals surface area contributed by atoms with Crippen LogP contribution in [0.1, 0.15) is 29.8 Å². The number of H-pyrrole nitrogens is 1. The molecule has 2 amide bonds. The van der Waals surface area contributed by atoms with Crippen molar-refractivity contribution in [3.8, 4) is 11.4 Å². The number of aromatic nitrogens is 3. The molecule has 2 aromatic heterocycles. The van der Waals surface area contributed by atoms with Gasteiger partial charge in [0.15, 0.2) is 0 Å². The zero-order valence-corrected chi connectivity index (χ0v) is 15.1. The van der Waals surface area contributed by atoms with Gasteiger partial charge in [-0.1, -0.05) is 6.07 Å². The summed E-state index contributed by atoms with van der Waals surface area (Å²) >= 11 is 0. The molecular weight excluding hydrogens is 346 g/mol. The molecule has 0 aromatic carbocycles. The van der Waals surface area contributed by atoms with Crippen molar-refractivity contribution >= 4 is 11.8 Å². The van der Waals surface area contributed by atoms with Crippen molar-refractivity contribution in [2.24, 2.45) is 5.41 Å². The number of β-amino-alcohol motifs (C(OH)–C–C–N with tert-alkyl or cyclic N) is 1. The predicted molar refractivity (Wildman–Crippen MR) is 97.7 cm³/mol. The standard InChI is InChI=1S/C19H23N5O3/c25-11-10-23-8-3-5-19(18(23)27)6-9-24(13-19)17(26)16-12-15(21-22-16)14-4-1-2-7-20-14/h1-2,4,7,12,25H,3,5-6,8-11,13H2,(H,21,22). The summed E-state index contributed by atoms with van der Waals surface area (Å²) in [5.41, 5.74) is 1.22. The Labute approximate surface area is 157 Å². The first kappa shape index (κ1) is 17.7. The number of pyridine rings is 1. The summed E-state index contributed by atoms with van der Waals surface area (Å²) in [5.74, 6) is -0.0782. The van der Waals surface area contributed by atoms with Gasteiger partial charge >= 0.3 is 0 Å². The Balaban J connectivity index is 1.48. The second-order valence-electron chi connectivity index (χ2n) is 7.26. The van der Waals surface area contributed by atoms with Gasteiger partial charge in [0.05, 0.1) is 17.7 Å². The molecule has 1 unspecified atom stereocenters. The second-order valence-corrected chi connectivity index (χ2v) is 7.26. The molecule has 2 fully saturated rings. The molecule has 1 spiro atoms. The van der Waals surface area contributed by atoms with Crippen LogP contribution >= 0.6 is 0 Å². The summed E-state index contributed by atoms with van der Waals surface area (Å²) in [6.07, 6.45) is 4.05. The quantitative estimate of drug-likeness (QED) is 0.834. The van der Waals surface area contributed by atoms with Gasteiger partial charge in [-0.05, 0) is 37.5 Å². The van der Waals surface area contributed by atoms with Crippen LogP contribution in [0.25, 0.3) is 11.4 Å². The zero-order chi connectivity index (χ0) is 18.9. The maximum atomic E-state index is 12.9. The van der Waals surface area contributed by atoms with E-state index in [1.165, 1.54) is 0 Å². The largest absolute Gasteiger partial charge is 0.395 e. The van der Waals surface area contributed by atoms with Crippen molar-refractivity contribution in [3.05, 3.63) is 36.2 Å². The Hall–Kier alpha value is -2.74. The third-order valence-corrected chi connectivity index (χ3v) is 5.57. The summed E-state index contributed by atoms with van der Waals surface area (Å²) in [6.45, 7) is 1.99. The Morgan fingerprint density at radius 3 is 2.93 bits per heavy atom. The second kappa shape index (κ2) is 7.11. The van der Waals surface area contributed by atoms with Crippen LogP contribution in [0.4, 0.5) is 0 Å². The summed E-state index contributed by atoms with van der Waals surface area (Å²) in [6, 6.07) is 7.24. The van der Waals surface area contributed by atoms with E-state index < -0.39 is 5.41 Å². The van der Waals surface area contributed by atoms with Crippen molar-refractivity contribution in [2.45, 2.75) is 19.3 Å². The highest BCUT2D eigenvalue weighted by Gasteiger charge is 2.49. The molecule has 2 N–H and O–H groups in total. The number of nitrogens with zero attached hydrogens (tertiary/aromatic N) is 4. The number of carbonyl (C=O) groups is 2. The van der Waals surface area contributed by atoms with E-state index in [-0.39, 0.29) is 18.4 Å². The number of aromatic amines is 1. The molecule has 0 radical (unpaired) electrons. The molecule has 4 heterocycles. The van der Waals surface area contributed by atoms with E-state index in [0.29, 0.717) is 49.7 Å². The van der Waals surface area contributed by atoms with Crippen LogP contribution in [-0.2, 0) is 4.79 Å². The van der Waals surface area contributed by atoms with E-state index in [1.54, 1.807) is 22.1 Å². The number of aliphatic hydroxyl groups excluding tert-OH is 1. The minimum absolute atomic E-state index is 0.0328. The molecule has 8 nitrogen and oxygen atoms in total. The minimum atomic E-state index is -0.507. The molecule has 4 rings (SSSR count). The molecule has 8 heteroatoms. The highest BCUT2D eigenvalue weighted by molar-refractivity contribution is 5.94. The van der Waals surface area contributed by atoms with Gasteiger partial charge in [-0.15, -0.1) is 0 Å². The maximum Gasteiger partial charge on any atom is 0.271 e. The van der Waals surface area contributed by atoms with Crippen LogP contribution < -0.4 is 0 Å². The Kier molecular flexibility index (Phi) is 4.65. The van der Waals surface area contributed by atoms with Gasteiger partial charge in [0, 0.05) is 32.4 Å². The molecule has 2 aliphatic heterocycles. The monoisotopic (exact) mass is 369 g/mol. The molecular formula is C19H23N5O3. The van der Waals surface area contributed by atoms with Crippen molar-refractivity contribution in [1.29, 1.82) is 0 Å². The van der Waals surface area contributed by atoms with Crippen molar-refractivity contribution < 1.29 is 14.7 Å². The first-order chi connectivity index (χ1) is 13.1. The van der Waals surface area contributed by atoms with Gasteiger partial charge in [0.2, 0.25) is 5.91 Å². The van der Waals surface area contributed by atoms with E-state index in [4.69, 9.17) is 0 Å². The molecule has 0 aliphatic carbocycles. The molecule has 2 saturated heterocycles. The Morgan fingerprint density at radius 1 is 1.26 bits per heavy atom. The number of hydrogen-bond acceptors (Lipinski definition) is 5. The van der Waals surface area contributed by atoms with Gasteiger partial charge < -0.3 is 14.9 Å².